The van der Waals surface area contributed by atoms with Crippen LogP contribution in [-0.2, 0) is 11.2 Å². The molecule has 0 unspecified atom stereocenters. The van der Waals surface area contributed by atoms with Crippen molar-refractivity contribution in [2.75, 3.05) is 20.1 Å². The summed E-state index contributed by atoms with van der Waals surface area (Å²) in [5, 5.41) is 11.7. The molecule has 106 valence electrons. The van der Waals surface area contributed by atoms with Crippen molar-refractivity contribution in [3.05, 3.63) is 22.4 Å². The van der Waals surface area contributed by atoms with Crippen molar-refractivity contribution in [3.8, 4) is 0 Å². The molecular weight excluding hydrogens is 258 g/mol. The summed E-state index contributed by atoms with van der Waals surface area (Å²) in [5.41, 5.74) is -0.498. The molecule has 0 atom stereocenters. The van der Waals surface area contributed by atoms with Gasteiger partial charge < -0.3 is 10.0 Å². The highest BCUT2D eigenvalue weighted by atomic mass is 32.1. The van der Waals surface area contributed by atoms with E-state index in [-0.39, 0.29) is 0 Å². The zero-order chi connectivity index (χ0) is 13.7. The lowest BCUT2D eigenvalue weighted by molar-refractivity contribution is -0.152. The number of thiophene rings is 1. The standard InChI is InChI=1S/C15H23NO2S/c1-16(10-7-13-6-5-11-19-13)12-15(14(17)18)8-3-2-4-9-15/h5-6,11H,2-4,7-10,12H2,1H3,(H,17,18). The molecule has 1 aromatic heterocycles. The molecule has 0 aromatic carbocycles. The van der Waals surface area contributed by atoms with Crippen LogP contribution in [0.4, 0.5) is 0 Å². The van der Waals surface area contributed by atoms with Gasteiger partial charge >= 0.3 is 5.97 Å². The van der Waals surface area contributed by atoms with Gasteiger partial charge in [0.05, 0.1) is 5.41 Å². The van der Waals surface area contributed by atoms with Gasteiger partial charge in [-0.3, -0.25) is 4.79 Å². The maximum absolute atomic E-state index is 11.6. The number of hydrogen-bond acceptors (Lipinski definition) is 3. The van der Waals surface area contributed by atoms with E-state index in [0.717, 1.165) is 38.6 Å². The summed E-state index contributed by atoms with van der Waals surface area (Å²) in [5.74, 6) is -0.602. The van der Waals surface area contributed by atoms with Crippen LogP contribution in [0.3, 0.4) is 0 Å². The van der Waals surface area contributed by atoms with Gasteiger partial charge in [-0.05, 0) is 37.8 Å². The SMILES string of the molecule is CN(CCc1cccs1)CC1(C(=O)O)CCCCC1. The molecule has 1 aromatic rings. The van der Waals surface area contributed by atoms with Gasteiger partial charge in [0.25, 0.3) is 0 Å². The Labute approximate surface area is 119 Å². The largest absolute Gasteiger partial charge is 0.481 e. The van der Waals surface area contributed by atoms with E-state index in [9.17, 15) is 9.90 Å². The lowest BCUT2D eigenvalue weighted by atomic mass is 9.73. The minimum absolute atomic E-state index is 0.498. The molecule has 19 heavy (non-hydrogen) atoms. The second-order valence-corrected chi connectivity index (χ2v) is 6.75. The number of rotatable bonds is 6. The topological polar surface area (TPSA) is 40.5 Å². The van der Waals surface area contributed by atoms with Crippen LogP contribution in [0.25, 0.3) is 0 Å². The smallest absolute Gasteiger partial charge is 0.310 e. The molecular formula is C15H23NO2S. The lowest BCUT2D eigenvalue weighted by Gasteiger charge is -2.36. The van der Waals surface area contributed by atoms with E-state index >= 15 is 0 Å². The minimum atomic E-state index is -0.602. The first-order valence-corrected chi connectivity index (χ1v) is 7.95. The quantitative estimate of drug-likeness (QED) is 0.870. The Kier molecular flexibility index (Phi) is 4.99. The first kappa shape index (κ1) is 14.5. The summed E-state index contributed by atoms with van der Waals surface area (Å²) in [6, 6.07) is 4.21. The van der Waals surface area contributed by atoms with Crippen molar-refractivity contribution in [2.45, 2.75) is 38.5 Å². The third-order valence-corrected chi connectivity index (χ3v) is 5.09. The van der Waals surface area contributed by atoms with E-state index in [1.54, 1.807) is 11.3 Å². The van der Waals surface area contributed by atoms with Gasteiger partial charge in [-0.1, -0.05) is 25.3 Å². The van der Waals surface area contributed by atoms with E-state index in [1.807, 2.05) is 7.05 Å². The van der Waals surface area contributed by atoms with Crippen molar-refractivity contribution in [3.63, 3.8) is 0 Å². The van der Waals surface area contributed by atoms with E-state index in [1.165, 1.54) is 11.3 Å². The predicted octanol–water partition coefficient (Wildman–Crippen LogP) is 3.26. The summed E-state index contributed by atoms with van der Waals surface area (Å²) in [7, 11) is 2.05. The van der Waals surface area contributed by atoms with Gasteiger partial charge in [0.1, 0.15) is 0 Å². The Bertz CT molecular complexity index is 396. The molecule has 1 fully saturated rings. The molecule has 0 spiro atoms. The van der Waals surface area contributed by atoms with Crippen molar-refractivity contribution in [2.24, 2.45) is 5.41 Å². The van der Waals surface area contributed by atoms with E-state index in [4.69, 9.17) is 0 Å². The van der Waals surface area contributed by atoms with E-state index in [0.29, 0.717) is 6.54 Å². The first-order valence-electron chi connectivity index (χ1n) is 7.07. The molecule has 3 nitrogen and oxygen atoms in total. The average Bonchev–Trinajstić information content (AvgIpc) is 2.90. The van der Waals surface area contributed by atoms with Gasteiger partial charge in [0.2, 0.25) is 0 Å². The Morgan fingerprint density at radius 3 is 2.74 bits per heavy atom. The van der Waals surface area contributed by atoms with Crippen LogP contribution in [0.2, 0.25) is 0 Å². The highest BCUT2D eigenvalue weighted by Crippen LogP contribution is 2.37. The number of hydrogen-bond donors (Lipinski definition) is 1. The maximum Gasteiger partial charge on any atom is 0.310 e. The fourth-order valence-electron chi connectivity index (χ4n) is 3.02. The van der Waals surface area contributed by atoms with Crippen molar-refractivity contribution < 1.29 is 9.90 Å². The van der Waals surface area contributed by atoms with Crippen molar-refractivity contribution in [1.82, 2.24) is 4.90 Å². The number of likely N-dealkylation sites (N-methyl/N-ethyl adjacent to an activating group) is 1. The molecule has 0 bridgehead atoms. The number of aliphatic carboxylic acids is 1. The summed E-state index contributed by atoms with van der Waals surface area (Å²) in [6.07, 6.45) is 6.01. The monoisotopic (exact) mass is 281 g/mol. The molecule has 1 aliphatic carbocycles. The van der Waals surface area contributed by atoms with Gasteiger partial charge in [-0.15, -0.1) is 11.3 Å². The van der Waals surface area contributed by atoms with Crippen LogP contribution in [0.1, 0.15) is 37.0 Å². The van der Waals surface area contributed by atoms with Crippen LogP contribution in [0, 0.1) is 5.41 Å². The maximum atomic E-state index is 11.6. The second kappa shape index (κ2) is 6.53. The van der Waals surface area contributed by atoms with Gasteiger partial charge in [-0.25, -0.2) is 0 Å². The lowest BCUT2D eigenvalue weighted by Crippen LogP contribution is -2.43. The van der Waals surface area contributed by atoms with Gasteiger partial charge in [0.15, 0.2) is 0 Å². The van der Waals surface area contributed by atoms with Crippen molar-refractivity contribution in [1.29, 1.82) is 0 Å². The predicted molar refractivity (Wildman–Crippen MR) is 78.7 cm³/mol. The van der Waals surface area contributed by atoms with Crippen LogP contribution in [0.5, 0.6) is 0 Å². The molecule has 0 aliphatic heterocycles. The molecule has 0 saturated heterocycles. The molecule has 2 rings (SSSR count). The fourth-order valence-corrected chi connectivity index (χ4v) is 3.72. The highest BCUT2D eigenvalue weighted by molar-refractivity contribution is 7.09. The Balaban J connectivity index is 1.88. The summed E-state index contributed by atoms with van der Waals surface area (Å²) >= 11 is 1.77. The molecule has 4 heteroatoms. The number of carboxylic acid groups (broad SMARTS) is 1. The molecule has 1 heterocycles. The van der Waals surface area contributed by atoms with Gasteiger partial charge in [0, 0.05) is 18.0 Å². The highest BCUT2D eigenvalue weighted by Gasteiger charge is 2.40. The average molecular weight is 281 g/mol. The van der Waals surface area contributed by atoms with Crippen LogP contribution in [-0.4, -0.2) is 36.1 Å². The van der Waals surface area contributed by atoms with Gasteiger partial charge in [-0.2, -0.15) is 0 Å². The fraction of sp³-hybridized carbons (Fsp3) is 0.667. The zero-order valence-corrected chi connectivity index (χ0v) is 12.4. The Morgan fingerprint density at radius 1 is 1.42 bits per heavy atom. The molecule has 1 aliphatic rings. The van der Waals surface area contributed by atoms with Crippen LogP contribution >= 0.6 is 11.3 Å². The third-order valence-electron chi connectivity index (χ3n) is 4.16. The summed E-state index contributed by atoms with van der Waals surface area (Å²) in [4.78, 5) is 15.2. The Morgan fingerprint density at radius 2 is 2.16 bits per heavy atom. The number of carboxylic acids is 1. The first-order chi connectivity index (χ1) is 9.12. The summed E-state index contributed by atoms with van der Waals surface area (Å²) < 4.78 is 0. The second-order valence-electron chi connectivity index (χ2n) is 5.71. The minimum Gasteiger partial charge on any atom is -0.481 e. The molecule has 0 amide bonds. The van der Waals surface area contributed by atoms with Crippen LogP contribution in [0.15, 0.2) is 17.5 Å². The molecule has 1 saturated carbocycles. The number of nitrogens with zero attached hydrogens (tertiary/aromatic N) is 1. The third kappa shape index (κ3) is 3.80. The Hall–Kier alpha value is -0.870. The number of carbonyl (C=O) groups is 1. The zero-order valence-electron chi connectivity index (χ0n) is 11.6. The molecule has 1 N–H and O–H groups in total. The van der Waals surface area contributed by atoms with Crippen molar-refractivity contribution >= 4 is 17.3 Å². The molecule has 0 radical (unpaired) electrons. The summed E-state index contributed by atoms with van der Waals surface area (Å²) in [6.45, 7) is 1.63. The van der Waals surface area contributed by atoms with E-state index in [2.05, 4.69) is 22.4 Å². The van der Waals surface area contributed by atoms with Crippen LogP contribution < -0.4 is 0 Å². The normalized spacial score (nSPS) is 18.6. The van der Waals surface area contributed by atoms with E-state index < -0.39 is 11.4 Å².